The van der Waals surface area contributed by atoms with E-state index >= 15 is 0 Å². The first kappa shape index (κ1) is 11.9. The molecule has 1 amide bonds. The van der Waals surface area contributed by atoms with Gasteiger partial charge in [0.15, 0.2) is 0 Å². The Kier molecular flexibility index (Phi) is 3.95. The zero-order valence-electron chi connectivity index (χ0n) is 9.90. The fourth-order valence-corrected chi connectivity index (χ4v) is 1.84. The molecule has 0 aliphatic carbocycles. The average Bonchev–Trinajstić information content (AvgIpc) is 2.37. The van der Waals surface area contributed by atoms with Crippen LogP contribution in [0.15, 0.2) is 24.3 Å². The molecule has 92 valence electrons. The van der Waals surface area contributed by atoms with Gasteiger partial charge in [0.2, 0.25) is 5.91 Å². The van der Waals surface area contributed by atoms with Gasteiger partial charge in [-0.1, -0.05) is 12.1 Å². The summed E-state index contributed by atoms with van der Waals surface area (Å²) >= 11 is 0. The molecule has 2 rings (SSSR count). The van der Waals surface area contributed by atoms with Crippen LogP contribution in [0.25, 0.3) is 0 Å². The zero-order chi connectivity index (χ0) is 12.1. The minimum absolute atomic E-state index is 0.0846. The number of hydrogen-bond acceptors (Lipinski definition) is 4. The van der Waals surface area contributed by atoms with Gasteiger partial charge in [0.25, 0.3) is 0 Å². The molecule has 17 heavy (non-hydrogen) atoms. The Morgan fingerprint density at radius 1 is 1.41 bits per heavy atom. The van der Waals surface area contributed by atoms with E-state index in [1.807, 2.05) is 24.3 Å². The molecule has 0 bridgehead atoms. The number of carbonyl (C=O) groups is 1. The van der Waals surface area contributed by atoms with E-state index in [1.165, 1.54) is 0 Å². The molecule has 5 nitrogen and oxygen atoms in total. The smallest absolute Gasteiger partial charge is 0.239 e. The van der Waals surface area contributed by atoms with Crippen molar-refractivity contribution in [3.05, 3.63) is 29.8 Å². The molecule has 0 aromatic heterocycles. The maximum absolute atomic E-state index is 11.3. The van der Waals surface area contributed by atoms with Gasteiger partial charge in [0.1, 0.15) is 0 Å². The number of rotatable bonds is 4. The van der Waals surface area contributed by atoms with E-state index in [0.29, 0.717) is 19.6 Å². The standard InChI is InChI=1S/C12H17N3O2/c1-17-14-8-10-2-4-11(5-3-10)15-7-6-13-12(16)9-15/h2-5,14H,6-9H2,1H3,(H,13,16). The molecule has 0 spiro atoms. The quantitative estimate of drug-likeness (QED) is 0.736. The summed E-state index contributed by atoms with van der Waals surface area (Å²) in [4.78, 5) is 18.1. The van der Waals surface area contributed by atoms with E-state index in [4.69, 9.17) is 4.84 Å². The summed E-state index contributed by atoms with van der Waals surface area (Å²) in [6.45, 7) is 2.69. The van der Waals surface area contributed by atoms with Gasteiger partial charge in [-0.3, -0.25) is 4.79 Å². The molecule has 1 heterocycles. The number of amides is 1. The van der Waals surface area contributed by atoms with Crippen LogP contribution in [0, 0.1) is 0 Å². The molecule has 1 aromatic carbocycles. The highest BCUT2D eigenvalue weighted by Gasteiger charge is 2.15. The molecule has 1 aliphatic heterocycles. The van der Waals surface area contributed by atoms with Gasteiger partial charge in [-0.2, -0.15) is 5.48 Å². The monoisotopic (exact) mass is 235 g/mol. The molecule has 1 aliphatic rings. The number of anilines is 1. The molecular formula is C12H17N3O2. The van der Waals surface area contributed by atoms with Crippen LogP contribution in [0.1, 0.15) is 5.56 Å². The summed E-state index contributed by atoms with van der Waals surface area (Å²) in [6.07, 6.45) is 0. The minimum atomic E-state index is 0.0846. The van der Waals surface area contributed by atoms with Crippen LogP contribution >= 0.6 is 0 Å². The van der Waals surface area contributed by atoms with Crippen molar-refractivity contribution in [2.75, 3.05) is 31.6 Å². The molecular weight excluding hydrogens is 218 g/mol. The third-order valence-electron chi connectivity index (χ3n) is 2.76. The maximum Gasteiger partial charge on any atom is 0.239 e. The van der Waals surface area contributed by atoms with Gasteiger partial charge in [-0.25, -0.2) is 0 Å². The number of benzene rings is 1. The van der Waals surface area contributed by atoms with E-state index < -0.39 is 0 Å². The van der Waals surface area contributed by atoms with Gasteiger partial charge in [-0.15, -0.1) is 0 Å². The van der Waals surface area contributed by atoms with Crippen molar-refractivity contribution in [3.8, 4) is 0 Å². The molecule has 0 unspecified atom stereocenters. The molecule has 5 heteroatoms. The zero-order valence-corrected chi connectivity index (χ0v) is 9.90. The summed E-state index contributed by atoms with van der Waals surface area (Å²) in [5, 5.41) is 2.81. The number of nitrogens with one attached hydrogen (secondary N) is 2. The Morgan fingerprint density at radius 2 is 2.18 bits per heavy atom. The summed E-state index contributed by atoms with van der Waals surface area (Å²) in [5.41, 5.74) is 5.03. The first-order valence-electron chi connectivity index (χ1n) is 5.66. The second-order valence-corrected chi connectivity index (χ2v) is 3.96. The van der Waals surface area contributed by atoms with Gasteiger partial charge in [-0.05, 0) is 17.7 Å². The summed E-state index contributed by atoms with van der Waals surface area (Å²) in [6, 6.07) is 8.14. The summed E-state index contributed by atoms with van der Waals surface area (Å²) in [5.74, 6) is 0.0846. The maximum atomic E-state index is 11.3. The van der Waals surface area contributed by atoms with Crippen LogP contribution in [0.4, 0.5) is 5.69 Å². The Morgan fingerprint density at radius 3 is 2.82 bits per heavy atom. The van der Waals surface area contributed by atoms with Crippen molar-refractivity contribution in [2.24, 2.45) is 0 Å². The van der Waals surface area contributed by atoms with Gasteiger partial charge in [0, 0.05) is 25.3 Å². The fourth-order valence-electron chi connectivity index (χ4n) is 1.84. The Balaban J connectivity index is 1.99. The topological polar surface area (TPSA) is 53.6 Å². The SMILES string of the molecule is CONCc1ccc(N2CCNC(=O)C2)cc1. The molecule has 1 fully saturated rings. The van der Waals surface area contributed by atoms with Crippen molar-refractivity contribution in [1.29, 1.82) is 0 Å². The molecule has 0 atom stereocenters. The predicted molar refractivity (Wildman–Crippen MR) is 65.5 cm³/mol. The Bertz CT molecular complexity index is 378. The van der Waals surface area contributed by atoms with E-state index in [2.05, 4.69) is 15.7 Å². The second-order valence-electron chi connectivity index (χ2n) is 3.96. The molecule has 0 saturated carbocycles. The second kappa shape index (κ2) is 5.65. The third kappa shape index (κ3) is 3.18. The number of hydrogen-bond donors (Lipinski definition) is 2. The third-order valence-corrected chi connectivity index (χ3v) is 2.76. The fraction of sp³-hybridized carbons (Fsp3) is 0.417. The number of carbonyl (C=O) groups excluding carboxylic acids is 1. The number of nitrogens with zero attached hydrogens (tertiary/aromatic N) is 1. The molecule has 0 radical (unpaired) electrons. The van der Waals surface area contributed by atoms with Crippen LogP contribution in [-0.2, 0) is 16.2 Å². The Hall–Kier alpha value is -1.59. The Labute approximate surface area is 101 Å². The molecule has 1 aromatic rings. The van der Waals surface area contributed by atoms with Gasteiger partial charge >= 0.3 is 0 Å². The minimum Gasteiger partial charge on any atom is -0.360 e. The van der Waals surface area contributed by atoms with Gasteiger partial charge in [0.05, 0.1) is 13.7 Å². The summed E-state index contributed by atoms with van der Waals surface area (Å²) < 4.78 is 0. The highest BCUT2D eigenvalue weighted by Crippen LogP contribution is 2.15. The summed E-state index contributed by atoms with van der Waals surface area (Å²) in [7, 11) is 1.60. The molecule has 1 saturated heterocycles. The van der Waals surface area contributed by atoms with Crippen molar-refractivity contribution in [3.63, 3.8) is 0 Å². The average molecular weight is 235 g/mol. The normalized spacial score (nSPS) is 15.8. The molecule has 2 N–H and O–H groups in total. The lowest BCUT2D eigenvalue weighted by atomic mass is 10.2. The first-order valence-corrected chi connectivity index (χ1v) is 5.66. The highest BCUT2D eigenvalue weighted by atomic mass is 16.6. The van der Waals surface area contributed by atoms with E-state index in [0.717, 1.165) is 17.8 Å². The largest absolute Gasteiger partial charge is 0.360 e. The van der Waals surface area contributed by atoms with Gasteiger partial charge < -0.3 is 15.1 Å². The number of piperazine rings is 1. The van der Waals surface area contributed by atoms with Crippen LogP contribution in [0.2, 0.25) is 0 Å². The number of hydroxylamine groups is 1. The van der Waals surface area contributed by atoms with E-state index in [1.54, 1.807) is 7.11 Å². The van der Waals surface area contributed by atoms with E-state index in [9.17, 15) is 4.79 Å². The van der Waals surface area contributed by atoms with Crippen LogP contribution in [-0.4, -0.2) is 32.7 Å². The van der Waals surface area contributed by atoms with Crippen molar-refractivity contribution >= 4 is 11.6 Å². The highest BCUT2D eigenvalue weighted by molar-refractivity contribution is 5.82. The lowest BCUT2D eigenvalue weighted by Crippen LogP contribution is -2.47. The van der Waals surface area contributed by atoms with Crippen molar-refractivity contribution in [1.82, 2.24) is 10.8 Å². The lowest BCUT2D eigenvalue weighted by Gasteiger charge is -2.28. The van der Waals surface area contributed by atoms with Crippen LogP contribution in [0.5, 0.6) is 0 Å². The van der Waals surface area contributed by atoms with E-state index in [-0.39, 0.29) is 5.91 Å². The van der Waals surface area contributed by atoms with Crippen LogP contribution < -0.4 is 15.7 Å². The lowest BCUT2D eigenvalue weighted by molar-refractivity contribution is -0.120. The van der Waals surface area contributed by atoms with Crippen molar-refractivity contribution < 1.29 is 9.63 Å². The van der Waals surface area contributed by atoms with Crippen LogP contribution in [0.3, 0.4) is 0 Å². The first-order chi connectivity index (χ1) is 8.29. The predicted octanol–water partition coefficient (Wildman–Crippen LogP) is 0.274. The van der Waals surface area contributed by atoms with Crippen molar-refractivity contribution in [2.45, 2.75) is 6.54 Å².